The molecule has 3 unspecified atom stereocenters. The van der Waals surface area contributed by atoms with Gasteiger partial charge in [-0.05, 0) is 32.2 Å². The van der Waals surface area contributed by atoms with Crippen LogP contribution in [-0.2, 0) is 6.42 Å². The van der Waals surface area contributed by atoms with E-state index >= 15 is 0 Å². The molecule has 118 valence electrons. The van der Waals surface area contributed by atoms with Crippen LogP contribution in [0.2, 0.25) is 0 Å². The van der Waals surface area contributed by atoms with Crippen LogP contribution in [0.5, 0.6) is 0 Å². The molecule has 3 rings (SSSR count). The molecule has 2 heterocycles. The second kappa shape index (κ2) is 6.88. The van der Waals surface area contributed by atoms with Crippen LogP contribution in [0.4, 0.5) is 5.13 Å². The van der Waals surface area contributed by atoms with Crippen molar-refractivity contribution in [3.63, 3.8) is 0 Å². The lowest BCUT2D eigenvalue weighted by molar-refractivity contribution is 0.454. The van der Waals surface area contributed by atoms with E-state index in [4.69, 9.17) is 4.98 Å². The smallest absolute Gasteiger partial charge is 0.185 e. The van der Waals surface area contributed by atoms with Crippen LogP contribution in [0, 0.1) is 0 Å². The van der Waals surface area contributed by atoms with Gasteiger partial charge in [-0.1, -0.05) is 20.8 Å². The minimum absolute atomic E-state index is 0.493. The van der Waals surface area contributed by atoms with E-state index in [-0.39, 0.29) is 0 Å². The number of aryl methyl sites for hydroxylation is 1. The van der Waals surface area contributed by atoms with Crippen molar-refractivity contribution in [1.82, 2.24) is 10.3 Å². The Hall–Kier alpha value is -0.260. The van der Waals surface area contributed by atoms with Crippen molar-refractivity contribution in [3.8, 4) is 0 Å². The molecule has 1 saturated heterocycles. The molecule has 2 aliphatic rings. The second-order valence-corrected chi connectivity index (χ2v) is 9.31. The number of fused-ring (bicyclic) bond motifs is 1. The van der Waals surface area contributed by atoms with Crippen molar-refractivity contribution in [2.75, 3.05) is 24.5 Å². The summed E-state index contributed by atoms with van der Waals surface area (Å²) in [6.45, 7) is 10.3. The molecule has 0 radical (unpaired) electrons. The van der Waals surface area contributed by atoms with E-state index in [1.807, 2.05) is 11.3 Å². The lowest BCUT2D eigenvalue weighted by Gasteiger charge is -2.34. The molecule has 1 aliphatic heterocycles. The number of anilines is 1. The topological polar surface area (TPSA) is 28.2 Å². The Morgan fingerprint density at radius 2 is 2.05 bits per heavy atom. The molecule has 5 heteroatoms. The number of nitrogens with one attached hydrogen (secondary N) is 1. The third kappa shape index (κ3) is 3.57. The fourth-order valence-electron chi connectivity index (χ4n) is 3.39. The summed E-state index contributed by atoms with van der Waals surface area (Å²) in [7, 11) is 0. The third-order valence-electron chi connectivity index (χ3n) is 4.27. The zero-order valence-electron chi connectivity index (χ0n) is 13.4. The highest BCUT2D eigenvalue weighted by molar-refractivity contribution is 8.00. The zero-order valence-corrected chi connectivity index (χ0v) is 15.0. The second-order valence-electron chi connectivity index (χ2n) is 6.37. The standard InChI is InChI=1S/C16H27N3S2/c1-4-8-17-13-6-5-7-14-15(13)18-16(21-14)19-9-11(2)20-12(3)10-19/h11-13,17H,4-10H2,1-3H3. The van der Waals surface area contributed by atoms with Gasteiger partial charge in [0.2, 0.25) is 0 Å². The molecular formula is C16H27N3S2. The van der Waals surface area contributed by atoms with Crippen LogP contribution in [0.3, 0.4) is 0 Å². The minimum atomic E-state index is 0.493. The summed E-state index contributed by atoms with van der Waals surface area (Å²) in [5.41, 5.74) is 1.35. The highest BCUT2D eigenvalue weighted by Gasteiger charge is 2.29. The molecule has 1 N–H and O–H groups in total. The Balaban J connectivity index is 1.77. The molecule has 0 spiro atoms. The molecule has 1 aliphatic carbocycles. The van der Waals surface area contributed by atoms with Gasteiger partial charge >= 0.3 is 0 Å². The van der Waals surface area contributed by atoms with Crippen molar-refractivity contribution in [2.45, 2.75) is 63.0 Å². The Kier molecular flexibility index (Phi) is 5.12. The summed E-state index contributed by atoms with van der Waals surface area (Å²) in [5, 5.41) is 6.37. The van der Waals surface area contributed by atoms with Gasteiger partial charge in [0.25, 0.3) is 0 Å². The zero-order chi connectivity index (χ0) is 14.8. The Morgan fingerprint density at radius 3 is 2.76 bits per heavy atom. The number of hydrogen-bond acceptors (Lipinski definition) is 5. The van der Waals surface area contributed by atoms with E-state index in [9.17, 15) is 0 Å². The van der Waals surface area contributed by atoms with E-state index in [2.05, 4.69) is 42.7 Å². The van der Waals surface area contributed by atoms with Gasteiger partial charge < -0.3 is 10.2 Å². The first-order valence-electron chi connectivity index (χ1n) is 8.30. The van der Waals surface area contributed by atoms with Crippen molar-refractivity contribution in [2.24, 2.45) is 0 Å². The van der Waals surface area contributed by atoms with Crippen LogP contribution in [-0.4, -0.2) is 35.1 Å². The average molecular weight is 326 g/mol. The number of rotatable bonds is 4. The number of nitrogens with zero attached hydrogens (tertiary/aromatic N) is 2. The van der Waals surface area contributed by atoms with Crippen LogP contribution < -0.4 is 10.2 Å². The third-order valence-corrected chi connectivity index (χ3v) is 6.69. The Labute approximate surface area is 136 Å². The molecular weight excluding hydrogens is 298 g/mol. The summed E-state index contributed by atoms with van der Waals surface area (Å²) < 4.78 is 0. The molecule has 1 fully saturated rings. The van der Waals surface area contributed by atoms with E-state index in [0.717, 1.165) is 19.6 Å². The molecule has 0 saturated carbocycles. The molecule has 0 aromatic carbocycles. The summed E-state index contributed by atoms with van der Waals surface area (Å²) >= 11 is 4.06. The normalized spacial score (nSPS) is 29.5. The molecule has 3 nitrogen and oxygen atoms in total. The van der Waals surface area contributed by atoms with Gasteiger partial charge in [-0.2, -0.15) is 11.8 Å². The summed E-state index contributed by atoms with van der Waals surface area (Å²) in [5.74, 6) is 0. The van der Waals surface area contributed by atoms with Crippen molar-refractivity contribution < 1.29 is 0 Å². The quantitative estimate of drug-likeness (QED) is 0.910. The highest BCUT2D eigenvalue weighted by Crippen LogP contribution is 2.38. The highest BCUT2D eigenvalue weighted by atomic mass is 32.2. The SMILES string of the molecule is CCCNC1CCCc2sc(N3CC(C)SC(C)C3)nc21. The van der Waals surface area contributed by atoms with Crippen LogP contribution in [0.15, 0.2) is 0 Å². The fourth-order valence-corrected chi connectivity index (χ4v) is 5.90. The number of thiazole rings is 1. The summed E-state index contributed by atoms with van der Waals surface area (Å²) in [6, 6.07) is 0.493. The van der Waals surface area contributed by atoms with Crippen molar-refractivity contribution >= 4 is 28.2 Å². The summed E-state index contributed by atoms with van der Waals surface area (Å²) in [4.78, 5) is 9.10. The van der Waals surface area contributed by atoms with Gasteiger partial charge in [-0.3, -0.25) is 0 Å². The largest absolute Gasteiger partial charge is 0.346 e. The molecule has 0 bridgehead atoms. The van der Waals surface area contributed by atoms with Gasteiger partial charge in [0.1, 0.15) is 0 Å². The molecule has 21 heavy (non-hydrogen) atoms. The first-order valence-corrected chi connectivity index (χ1v) is 10.1. The monoisotopic (exact) mass is 325 g/mol. The van der Waals surface area contributed by atoms with Gasteiger partial charge in [-0.15, -0.1) is 11.3 Å². The van der Waals surface area contributed by atoms with Gasteiger partial charge in [0, 0.05) is 28.5 Å². The Morgan fingerprint density at radius 1 is 1.29 bits per heavy atom. The first kappa shape index (κ1) is 15.6. The minimum Gasteiger partial charge on any atom is -0.346 e. The molecule has 0 amide bonds. The lowest BCUT2D eigenvalue weighted by Crippen LogP contribution is -2.40. The van der Waals surface area contributed by atoms with E-state index in [1.54, 1.807) is 0 Å². The molecule has 1 aromatic rings. The number of thioether (sulfide) groups is 1. The van der Waals surface area contributed by atoms with Crippen LogP contribution >= 0.6 is 23.1 Å². The fraction of sp³-hybridized carbons (Fsp3) is 0.812. The number of aromatic nitrogens is 1. The van der Waals surface area contributed by atoms with Crippen molar-refractivity contribution in [1.29, 1.82) is 0 Å². The number of hydrogen-bond donors (Lipinski definition) is 1. The molecule has 1 aromatic heterocycles. The predicted octanol–water partition coefficient (Wildman–Crippen LogP) is 3.85. The van der Waals surface area contributed by atoms with Crippen molar-refractivity contribution in [3.05, 3.63) is 10.6 Å². The van der Waals surface area contributed by atoms with Gasteiger partial charge in [0.15, 0.2) is 5.13 Å². The predicted molar refractivity (Wildman–Crippen MR) is 94.8 cm³/mol. The van der Waals surface area contributed by atoms with Gasteiger partial charge in [0.05, 0.1) is 11.7 Å². The molecule has 3 atom stereocenters. The van der Waals surface area contributed by atoms with Crippen LogP contribution in [0.1, 0.15) is 56.6 Å². The van der Waals surface area contributed by atoms with E-state index in [0.29, 0.717) is 16.5 Å². The average Bonchev–Trinajstić information content (AvgIpc) is 2.88. The first-order chi connectivity index (χ1) is 10.2. The maximum Gasteiger partial charge on any atom is 0.185 e. The van der Waals surface area contributed by atoms with E-state index in [1.165, 1.54) is 41.4 Å². The van der Waals surface area contributed by atoms with E-state index < -0.39 is 0 Å². The van der Waals surface area contributed by atoms with Crippen LogP contribution in [0.25, 0.3) is 0 Å². The Bertz CT molecular complexity index is 464. The maximum atomic E-state index is 5.05. The van der Waals surface area contributed by atoms with Gasteiger partial charge in [-0.25, -0.2) is 4.98 Å². The summed E-state index contributed by atoms with van der Waals surface area (Å²) in [6.07, 6.45) is 4.98. The maximum absolute atomic E-state index is 5.05. The lowest BCUT2D eigenvalue weighted by atomic mass is 9.97.